The number of non-ortho nitro benzene ring substituents is 2. The smallest absolute Gasteiger partial charge is 0.269 e. The second-order valence-electron chi connectivity index (χ2n) is 7.54. The van der Waals surface area contributed by atoms with Crippen molar-refractivity contribution >= 4 is 23.0 Å². The third-order valence-corrected chi connectivity index (χ3v) is 5.78. The first-order chi connectivity index (χ1) is 14.9. The second kappa shape index (κ2) is 8.66. The topological polar surface area (TPSA) is 134 Å². The lowest BCUT2D eigenvalue weighted by atomic mass is 9.93. The van der Waals surface area contributed by atoms with Gasteiger partial charge in [0.2, 0.25) is 5.91 Å². The van der Waals surface area contributed by atoms with Crippen LogP contribution in [-0.4, -0.2) is 53.4 Å². The van der Waals surface area contributed by atoms with Gasteiger partial charge in [0, 0.05) is 62.7 Å². The first kappa shape index (κ1) is 20.7. The van der Waals surface area contributed by atoms with Gasteiger partial charge in [-0.1, -0.05) is 12.1 Å². The van der Waals surface area contributed by atoms with E-state index in [4.69, 9.17) is 0 Å². The summed E-state index contributed by atoms with van der Waals surface area (Å²) in [5.41, 5.74) is 7.92. The Balaban J connectivity index is 1.38. The standard InChI is InChI=1S/C20H22N6O5/c27-20(18-13-21-22-19(18)14-1-3-16(4-2-14)25(28)29)24-11-9-23(10-12-24)15-5-7-17(8-6-15)26(30)31/h1-8,18-19,21-22H,9-13H2. The van der Waals surface area contributed by atoms with Crippen molar-refractivity contribution in [3.63, 3.8) is 0 Å². The molecule has 2 fully saturated rings. The van der Waals surface area contributed by atoms with Gasteiger partial charge in [0.15, 0.2) is 0 Å². The number of carbonyl (C=O) groups is 1. The van der Waals surface area contributed by atoms with Gasteiger partial charge in [-0.3, -0.25) is 30.4 Å². The summed E-state index contributed by atoms with van der Waals surface area (Å²) in [6.45, 7) is 2.86. The van der Waals surface area contributed by atoms with Crippen LogP contribution >= 0.6 is 0 Å². The first-order valence-corrected chi connectivity index (χ1v) is 9.95. The molecule has 2 N–H and O–H groups in total. The summed E-state index contributed by atoms with van der Waals surface area (Å²) in [6.07, 6.45) is 0. The van der Waals surface area contributed by atoms with Crippen LogP contribution < -0.4 is 15.8 Å². The quantitative estimate of drug-likeness (QED) is 0.544. The Morgan fingerprint density at radius 1 is 0.871 bits per heavy atom. The molecule has 2 unspecified atom stereocenters. The third kappa shape index (κ3) is 4.32. The number of nitro benzene ring substituents is 2. The van der Waals surface area contributed by atoms with E-state index < -0.39 is 9.85 Å². The molecule has 0 spiro atoms. The summed E-state index contributed by atoms with van der Waals surface area (Å²) in [4.78, 5) is 37.9. The van der Waals surface area contributed by atoms with Crippen LogP contribution in [0, 0.1) is 26.1 Å². The maximum Gasteiger partial charge on any atom is 0.269 e. The predicted octanol–water partition coefficient (Wildman–Crippen LogP) is 1.62. The van der Waals surface area contributed by atoms with E-state index in [0.717, 1.165) is 11.3 Å². The zero-order valence-electron chi connectivity index (χ0n) is 16.6. The predicted molar refractivity (Wildman–Crippen MR) is 112 cm³/mol. The van der Waals surface area contributed by atoms with Crippen LogP contribution in [0.2, 0.25) is 0 Å². The Kier molecular flexibility index (Phi) is 5.78. The van der Waals surface area contributed by atoms with Crippen LogP contribution in [0.5, 0.6) is 0 Å². The maximum atomic E-state index is 13.2. The highest BCUT2D eigenvalue weighted by Gasteiger charge is 2.37. The van der Waals surface area contributed by atoms with E-state index >= 15 is 0 Å². The number of piperazine rings is 1. The van der Waals surface area contributed by atoms with Crippen molar-refractivity contribution in [1.29, 1.82) is 0 Å². The largest absolute Gasteiger partial charge is 0.368 e. The number of rotatable bonds is 5. The van der Waals surface area contributed by atoms with Crippen molar-refractivity contribution in [2.45, 2.75) is 6.04 Å². The van der Waals surface area contributed by atoms with Gasteiger partial charge in [0.25, 0.3) is 11.4 Å². The number of benzene rings is 2. The molecule has 2 aliphatic heterocycles. The van der Waals surface area contributed by atoms with Crippen LogP contribution in [0.4, 0.5) is 17.1 Å². The SMILES string of the molecule is O=C(C1CNNC1c1ccc([N+](=O)[O-])cc1)N1CCN(c2ccc([N+](=O)[O-])cc2)CC1. The monoisotopic (exact) mass is 426 g/mol. The van der Waals surface area contributed by atoms with Crippen LogP contribution in [-0.2, 0) is 4.79 Å². The minimum Gasteiger partial charge on any atom is -0.368 e. The van der Waals surface area contributed by atoms with Gasteiger partial charge >= 0.3 is 0 Å². The minimum atomic E-state index is -0.447. The number of nitrogens with zero attached hydrogens (tertiary/aromatic N) is 4. The van der Waals surface area contributed by atoms with E-state index in [2.05, 4.69) is 15.8 Å². The van der Waals surface area contributed by atoms with Crippen LogP contribution in [0.1, 0.15) is 11.6 Å². The van der Waals surface area contributed by atoms with E-state index in [9.17, 15) is 25.0 Å². The summed E-state index contributed by atoms with van der Waals surface area (Å²) in [5.74, 6) is -0.281. The van der Waals surface area contributed by atoms with Crippen molar-refractivity contribution in [3.05, 3.63) is 74.3 Å². The Labute approximate surface area is 177 Å². The molecule has 0 bridgehead atoms. The van der Waals surface area contributed by atoms with E-state index in [-0.39, 0.29) is 29.2 Å². The molecule has 11 heteroatoms. The lowest BCUT2D eigenvalue weighted by Gasteiger charge is -2.37. The number of nitro groups is 2. The van der Waals surface area contributed by atoms with E-state index in [1.54, 1.807) is 24.3 Å². The number of hydrazine groups is 1. The number of nitrogens with one attached hydrogen (secondary N) is 2. The van der Waals surface area contributed by atoms with Gasteiger partial charge in [0.1, 0.15) is 0 Å². The van der Waals surface area contributed by atoms with E-state index in [1.807, 2.05) is 4.90 Å². The van der Waals surface area contributed by atoms with Gasteiger partial charge in [-0.05, 0) is 17.7 Å². The first-order valence-electron chi connectivity index (χ1n) is 9.95. The molecular formula is C20H22N6O5. The van der Waals surface area contributed by atoms with Crippen LogP contribution in [0.3, 0.4) is 0 Å². The second-order valence-corrected chi connectivity index (χ2v) is 7.54. The highest BCUT2D eigenvalue weighted by Crippen LogP contribution is 2.29. The summed E-state index contributed by atoms with van der Waals surface area (Å²) in [7, 11) is 0. The van der Waals surface area contributed by atoms with Crippen molar-refractivity contribution in [2.24, 2.45) is 5.92 Å². The number of anilines is 1. The molecule has 0 radical (unpaired) electrons. The molecule has 0 saturated carbocycles. The summed E-state index contributed by atoms with van der Waals surface area (Å²) >= 11 is 0. The Morgan fingerprint density at radius 2 is 1.42 bits per heavy atom. The fourth-order valence-electron chi connectivity index (χ4n) is 4.05. The van der Waals surface area contributed by atoms with Gasteiger partial charge < -0.3 is 9.80 Å². The molecule has 0 aromatic heterocycles. The molecule has 2 heterocycles. The van der Waals surface area contributed by atoms with Crippen molar-refractivity contribution in [2.75, 3.05) is 37.6 Å². The maximum absolute atomic E-state index is 13.2. The van der Waals surface area contributed by atoms with Gasteiger partial charge in [0.05, 0.1) is 21.8 Å². The van der Waals surface area contributed by atoms with Gasteiger partial charge in [-0.15, -0.1) is 0 Å². The number of carbonyl (C=O) groups excluding carboxylic acids is 1. The Hall–Kier alpha value is -3.57. The average molecular weight is 426 g/mol. The van der Waals surface area contributed by atoms with Crippen LogP contribution in [0.15, 0.2) is 48.5 Å². The van der Waals surface area contributed by atoms with E-state index in [1.165, 1.54) is 24.3 Å². The summed E-state index contributed by atoms with van der Waals surface area (Å²) < 4.78 is 0. The molecule has 0 aliphatic carbocycles. The molecule has 162 valence electrons. The highest BCUT2D eigenvalue weighted by molar-refractivity contribution is 5.81. The average Bonchev–Trinajstić information content (AvgIpc) is 3.29. The molecule has 4 rings (SSSR count). The summed E-state index contributed by atoms with van der Waals surface area (Å²) in [6, 6.07) is 12.4. The number of amides is 1. The molecular weight excluding hydrogens is 404 g/mol. The van der Waals surface area contributed by atoms with Crippen LogP contribution in [0.25, 0.3) is 0 Å². The lowest BCUT2D eigenvalue weighted by molar-refractivity contribution is -0.385. The van der Waals surface area contributed by atoms with Crippen molar-refractivity contribution < 1.29 is 14.6 Å². The summed E-state index contributed by atoms with van der Waals surface area (Å²) in [5, 5.41) is 21.7. The van der Waals surface area contributed by atoms with Gasteiger partial charge in [-0.25, -0.2) is 5.43 Å². The molecule has 2 atom stereocenters. The number of hydrogen-bond donors (Lipinski definition) is 2. The van der Waals surface area contributed by atoms with Gasteiger partial charge in [-0.2, -0.15) is 0 Å². The fourth-order valence-corrected chi connectivity index (χ4v) is 4.05. The molecule has 2 saturated heterocycles. The van der Waals surface area contributed by atoms with Crippen molar-refractivity contribution in [1.82, 2.24) is 15.8 Å². The normalized spacial score (nSPS) is 21.2. The molecule has 2 aromatic carbocycles. The van der Waals surface area contributed by atoms with Crippen molar-refractivity contribution in [3.8, 4) is 0 Å². The minimum absolute atomic E-state index is 0.0138. The molecule has 2 aliphatic rings. The molecule has 31 heavy (non-hydrogen) atoms. The highest BCUT2D eigenvalue weighted by atomic mass is 16.6. The zero-order valence-corrected chi connectivity index (χ0v) is 16.6. The Bertz CT molecular complexity index is 973. The zero-order chi connectivity index (χ0) is 22.0. The molecule has 2 aromatic rings. The third-order valence-electron chi connectivity index (χ3n) is 5.78. The van der Waals surface area contributed by atoms with E-state index in [0.29, 0.717) is 32.7 Å². The molecule has 1 amide bonds. The Morgan fingerprint density at radius 3 is 1.97 bits per heavy atom. The fraction of sp³-hybridized carbons (Fsp3) is 0.350. The lowest BCUT2D eigenvalue weighted by Crippen LogP contribution is -2.51. The molecule has 11 nitrogen and oxygen atoms in total. The number of hydrogen-bond acceptors (Lipinski definition) is 8.